The van der Waals surface area contributed by atoms with Crippen LogP contribution < -0.4 is 10.6 Å². The molecule has 4 aliphatic rings. The molecule has 0 saturated heterocycles. The van der Waals surface area contributed by atoms with Crippen LogP contribution in [0.2, 0.25) is 0 Å². The second-order valence-electron chi connectivity index (χ2n) is 11.3. The zero-order chi connectivity index (χ0) is 21.0. The number of hydrogen-bond acceptors (Lipinski definition) is 2. The van der Waals surface area contributed by atoms with Gasteiger partial charge in [0.1, 0.15) is 0 Å². The predicted octanol–water partition coefficient (Wildman–Crippen LogP) is 5.63. The highest BCUT2D eigenvalue weighted by Gasteiger charge is 2.60. The molecule has 166 valence electrons. The van der Waals surface area contributed by atoms with Crippen molar-refractivity contribution < 1.29 is 14.7 Å². The summed E-state index contributed by atoms with van der Waals surface area (Å²) in [5, 5.41) is 15.1. The molecule has 29 heavy (non-hydrogen) atoms. The van der Waals surface area contributed by atoms with Crippen molar-refractivity contribution in [3.05, 3.63) is 0 Å². The highest BCUT2D eigenvalue weighted by molar-refractivity contribution is 5.75. The van der Waals surface area contributed by atoms with Crippen molar-refractivity contribution in [1.29, 1.82) is 0 Å². The molecule has 0 spiro atoms. The summed E-state index contributed by atoms with van der Waals surface area (Å²) in [5.41, 5.74) is 0.887. The minimum atomic E-state index is -0.687. The molecule has 0 aromatic heterocycles. The van der Waals surface area contributed by atoms with Gasteiger partial charge in [-0.15, -0.1) is 0 Å². The van der Waals surface area contributed by atoms with Crippen LogP contribution in [0.15, 0.2) is 0 Å². The van der Waals surface area contributed by atoms with Crippen LogP contribution in [0.4, 0.5) is 4.79 Å². The molecule has 5 heteroatoms. The number of carbonyl (C=O) groups excluding carboxylic acids is 1. The summed E-state index contributed by atoms with van der Waals surface area (Å²) >= 11 is 0. The number of carboxylic acids is 1. The number of carbonyl (C=O) groups is 2. The Morgan fingerprint density at radius 2 is 1.38 bits per heavy atom. The topological polar surface area (TPSA) is 78.4 Å². The third-order valence-electron chi connectivity index (χ3n) is 7.61. The van der Waals surface area contributed by atoms with Crippen molar-refractivity contribution >= 4 is 12.0 Å². The first-order chi connectivity index (χ1) is 13.7. The Bertz CT molecular complexity index is 573. The van der Waals surface area contributed by atoms with E-state index in [1.807, 2.05) is 0 Å². The predicted molar refractivity (Wildman–Crippen MR) is 116 cm³/mol. The van der Waals surface area contributed by atoms with Crippen LogP contribution in [0.1, 0.15) is 110 Å². The average molecular weight is 407 g/mol. The number of hydrogen-bond donors (Lipinski definition) is 3. The Morgan fingerprint density at radius 3 is 1.93 bits per heavy atom. The SMILES string of the molecule is CC12CC3CC(C)(C1)CC(NC(=O)NCCCCCCCCCCC(=O)O)(C3)C2. The number of carboxylic acid groups (broad SMARTS) is 1. The van der Waals surface area contributed by atoms with Crippen molar-refractivity contribution in [1.82, 2.24) is 10.6 Å². The maximum absolute atomic E-state index is 12.6. The molecule has 4 fully saturated rings. The highest BCUT2D eigenvalue weighted by atomic mass is 16.4. The van der Waals surface area contributed by atoms with Gasteiger partial charge in [0.2, 0.25) is 0 Å². The fourth-order valence-electron chi connectivity index (χ4n) is 7.54. The van der Waals surface area contributed by atoms with Gasteiger partial charge in [0.05, 0.1) is 0 Å². The molecule has 5 nitrogen and oxygen atoms in total. The molecule has 0 aromatic carbocycles. The quantitative estimate of drug-likeness (QED) is 0.368. The summed E-state index contributed by atoms with van der Waals surface area (Å²) in [4.78, 5) is 23.0. The van der Waals surface area contributed by atoms with Crippen LogP contribution in [0.3, 0.4) is 0 Å². The first-order valence-corrected chi connectivity index (χ1v) is 12.0. The summed E-state index contributed by atoms with van der Waals surface area (Å²) in [6.07, 6.45) is 16.6. The van der Waals surface area contributed by atoms with Gasteiger partial charge < -0.3 is 15.7 Å². The molecule has 4 saturated carbocycles. The Balaban J connectivity index is 1.24. The minimum Gasteiger partial charge on any atom is -0.481 e. The number of aliphatic carboxylic acids is 1. The molecule has 0 aliphatic heterocycles. The van der Waals surface area contributed by atoms with E-state index in [2.05, 4.69) is 24.5 Å². The molecule has 4 rings (SSSR count). The van der Waals surface area contributed by atoms with Crippen molar-refractivity contribution in [2.75, 3.05) is 6.54 Å². The van der Waals surface area contributed by atoms with E-state index in [-0.39, 0.29) is 11.6 Å². The molecule has 2 amide bonds. The molecule has 0 aromatic rings. The van der Waals surface area contributed by atoms with E-state index in [1.54, 1.807) is 0 Å². The molecule has 0 radical (unpaired) electrons. The largest absolute Gasteiger partial charge is 0.481 e. The number of rotatable bonds is 12. The molecule has 4 aliphatic carbocycles. The fraction of sp³-hybridized carbons (Fsp3) is 0.917. The van der Waals surface area contributed by atoms with Gasteiger partial charge in [0, 0.05) is 18.5 Å². The van der Waals surface area contributed by atoms with Gasteiger partial charge in [-0.2, -0.15) is 0 Å². The summed E-state index contributed by atoms with van der Waals surface area (Å²) in [5.74, 6) is 0.110. The van der Waals surface area contributed by atoms with Gasteiger partial charge in [-0.1, -0.05) is 52.4 Å². The second kappa shape index (κ2) is 9.26. The standard InChI is InChI=1S/C24H42N2O3/c1-22-13-19-14-23(2,16-22)18-24(15-19,17-22)26-21(29)25-12-10-8-6-4-3-5-7-9-11-20(27)28/h19H,3-18H2,1-2H3,(H,27,28)(H2,25,26,29). The van der Waals surface area contributed by atoms with Gasteiger partial charge >= 0.3 is 12.0 Å². The van der Waals surface area contributed by atoms with Gasteiger partial charge in [-0.3, -0.25) is 4.79 Å². The van der Waals surface area contributed by atoms with E-state index in [4.69, 9.17) is 5.11 Å². The fourth-order valence-corrected chi connectivity index (χ4v) is 7.54. The number of amides is 2. The van der Waals surface area contributed by atoms with Gasteiger partial charge in [-0.25, -0.2) is 4.79 Å². The molecular formula is C24H42N2O3. The first kappa shape index (κ1) is 22.4. The smallest absolute Gasteiger partial charge is 0.315 e. The van der Waals surface area contributed by atoms with Crippen LogP contribution in [0, 0.1) is 16.7 Å². The van der Waals surface area contributed by atoms with Crippen molar-refractivity contribution in [2.45, 2.75) is 116 Å². The third kappa shape index (κ3) is 6.36. The van der Waals surface area contributed by atoms with E-state index in [0.717, 1.165) is 57.4 Å². The lowest BCUT2D eigenvalue weighted by atomic mass is 9.43. The summed E-state index contributed by atoms with van der Waals surface area (Å²) < 4.78 is 0. The van der Waals surface area contributed by atoms with Gasteiger partial charge in [0.15, 0.2) is 0 Å². The lowest BCUT2D eigenvalue weighted by molar-refractivity contribution is -0.137. The van der Waals surface area contributed by atoms with Gasteiger partial charge in [-0.05, 0) is 68.1 Å². The molecule has 4 bridgehead atoms. The molecular weight excluding hydrogens is 364 g/mol. The van der Waals surface area contributed by atoms with E-state index in [1.165, 1.54) is 44.9 Å². The van der Waals surface area contributed by atoms with Crippen LogP contribution >= 0.6 is 0 Å². The molecule has 2 unspecified atom stereocenters. The number of urea groups is 1. The Morgan fingerprint density at radius 1 is 0.828 bits per heavy atom. The third-order valence-corrected chi connectivity index (χ3v) is 7.61. The van der Waals surface area contributed by atoms with Crippen molar-refractivity contribution in [2.24, 2.45) is 16.7 Å². The summed E-state index contributed by atoms with van der Waals surface area (Å²) in [7, 11) is 0. The second-order valence-corrected chi connectivity index (χ2v) is 11.3. The van der Waals surface area contributed by atoms with Gasteiger partial charge in [0.25, 0.3) is 0 Å². The Kier molecular flexibility index (Phi) is 7.16. The van der Waals surface area contributed by atoms with E-state index >= 15 is 0 Å². The molecule has 3 N–H and O–H groups in total. The summed E-state index contributed by atoms with van der Waals surface area (Å²) in [6, 6.07) is 0.0394. The van der Waals surface area contributed by atoms with Crippen LogP contribution in [0.5, 0.6) is 0 Å². The average Bonchev–Trinajstić information content (AvgIpc) is 2.55. The molecule has 0 heterocycles. The zero-order valence-corrected chi connectivity index (χ0v) is 18.7. The van der Waals surface area contributed by atoms with E-state index in [9.17, 15) is 9.59 Å². The van der Waals surface area contributed by atoms with Crippen molar-refractivity contribution in [3.63, 3.8) is 0 Å². The minimum absolute atomic E-state index is 0.0354. The zero-order valence-electron chi connectivity index (χ0n) is 18.7. The Labute approximate surface area is 176 Å². The number of nitrogens with one attached hydrogen (secondary N) is 2. The van der Waals surface area contributed by atoms with E-state index < -0.39 is 5.97 Å². The maximum atomic E-state index is 12.6. The lowest BCUT2D eigenvalue weighted by Crippen LogP contribution is -2.66. The van der Waals surface area contributed by atoms with E-state index in [0.29, 0.717) is 17.3 Å². The van der Waals surface area contributed by atoms with Crippen molar-refractivity contribution in [3.8, 4) is 0 Å². The monoisotopic (exact) mass is 406 g/mol. The Hall–Kier alpha value is -1.26. The highest BCUT2D eigenvalue weighted by Crippen LogP contribution is 2.66. The normalized spacial score (nSPS) is 34.9. The number of unbranched alkanes of at least 4 members (excludes halogenated alkanes) is 7. The van der Waals surface area contributed by atoms with Crippen LogP contribution in [-0.4, -0.2) is 29.2 Å². The first-order valence-electron chi connectivity index (χ1n) is 12.0. The molecule has 2 atom stereocenters. The van der Waals surface area contributed by atoms with Crippen LogP contribution in [0.25, 0.3) is 0 Å². The summed E-state index contributed by atoms with van der Waals surface area (Å²) in [6.45, 7) is 5.64. The van der Waals surface area contributed by atoms with Crippen LogP contribution in [-0.2, 0) is 4.79 Å². The lowest BCUT2D eigenvalue weighted by Gasteiger charge is -2.65. The maximum Gasteiger partial charge on any atom is 0.315 e.